The quantitative estimate of drug-likeness (QED) is 0.282. The van der Waals surface area contributed by atoms with Gasteiger partial charge >= 0.3 is 0 Å². The monoisotopic (exact) mass is 423 g/mol. The average molecular weight is 424 g/mol. The number of hydrogen-bond acceptors (Lipinski definition) is 3. The van der Waals surface area contributed by atoms with Gasteiger partial charge in [0.05, 0.1) is 11.4 Å². The van der Waals surface area contributed by atoms with E-state index in [1.165, 1.54) is 49.1 Å². The molecule has 3 heteroatoms. The van der Waals surface area contributed by atoms with E-state index in [1.54, 1.807) is 0 Å². The standard InChI is InChI=1S/C27H21NS2/c1-27(2)21-10-4-6-12-23(21)28(24-13-7-5-11-22(24)27)18-15-16-26-20(17-18)19-9-3-8-14-25(19)29-30-26/h3-17H,1-2H3. The summed E-state index contributed by atoms with van der Waals surface area (Å²) in [6.07, 6.45) is 0. The molecular weight excluding hydrogens is 402 g/mol. The van der Waals surface area contributed by atoms with E-state index >= 15 is 0 Å². The van der Waals surface area contributed by atoms with Crippen LogP contribution in [-0.2, 0) is 5.41 Å². The highest BCUT2D eigenvalue weighted by atomic mass is 33.1. The molecular formula is C27H21NS2. The first-order valence-electron chi connectivity index (χ1n) is 10.2. The minimum Gasteiger partial charge on any atom is -0.310 e. The summed E-state index contributed by atoms with van der Waals surface area (Å²) in [6, 6.07) is 33.3. The van der Waals surface area contributed by atoms with Gasteiger partial charge in [0, 0.05) is 20.9 Å². The maximum atomic E-state index is 2.44. The fourth-order valence-electron chi connectivity index (χ4n) is 4.74. The zero-order chi connectivity index (χ0) is 20.3. The van der Waals surface area contributed by atoms with Crippen molar-refractivity contribution in [2.24, 2.45) is 0 Å². The van der Waals surface area contributed by atoms with Crippen LogP contribution in [-0.4, -0.2) is 0 Å². The van der Waals surface area contributed by atoms with E-state index in [0.29, 0.717) is 0 Å². The summed E-state index contributed by atoms with van der Waals surface area (Å²) in [7, 11) is 3.71. The van der Waals surface area contributed by atoms with E-state index in [9.17, 15) is 0 Å². The summed E-state index contributed by atoms with van der Waals surface area (Å²) in [4.78, 5) is 5.11. The number of hydrogen-bond donors (Lipinski definition) is 0. The van der Waals surface area contributed by atoms with Gasteiger partial charge in [0.25, 0.3) is 0 Å². The van der Waals surface area contributed by atoms with Gasteiger partial charge < -0.3 is 4.90 Å². The molecule has 4 aromatic rings. The third-order valence-corrected chi connectivity index (χ3v) is 8.74. The molecule has 1 nitrogen and oxygen atoms in total. The summed E-state index contributed by atoms with van der Waals surface area (Å²) in [6.45, 7) is 4.66. The van der Waals surface area contributed by atoms with E-state index in [4.69, 9.17) is 0 Å². The molecule has 0 bridgehead atoms. The molecule has 0 saturated carbocycles. The van der Waals surface area contributed by atoms with Gasteiger partial charge in [-0.2, -0.15) is 0 Å². The number of nitrogens with zero attached hydrogens (tertiary/aromatic N) is 1. The lowest BCUT2D eigenvalue weighted by Gasteiger charge is -2.42. The second-order valence-electron chi connectivity index (χ2n) is 8.34. The van der Waals surface area contributed by atoms with Crippen molar-refractivity contribution in [1.29, 1.82) is 0 Å². The Balaban J connectivity index is 1.60. The van der Waals surface area contributed by atoms with Gasteiger partial charge in [-0.25, -0.2) is 0 Å². The van der Waals surface area contributed by atoms with E-state index in [2.05, 4.69) is 110 Å². The molecule has 0 spiro atoms. The Bertz CT molecular complexity index is 1240. The molecule has 0 N–H and O–H groups in total. The van der Waals surface area contributed by atoms with Crippen LogP contribution in [0.5, 0.6) is 0 Å². The maximum Gasteiger partial charge on any atom is 0.0502 e. The lowest BCUT2D eigenvalue weighted by molar-refractivity contribution is 0.632. The van der Waals surface area contributed by atoms with Crippen LogP contribution in [0, 0.1) is 0 Å². The Morgan fingerprint density at radius 2 is 1.17 bits per heavy atom. The van der Waals surface area contributed by atoms with Crippen LogP contribution in [0.1, 0.15) is 25.0 Å². The smallest absolute Gasteiger partial charge is 0.0502 e. The van der Waals surface area contributed by atoms with Crippen molar-refractivity contribution in [2.75, 3.05) is 4.90 Å². The van der Waals surface area contributed by atoms with Gasteiger partial charge in [0.2, 0.25) is 0 Å². The minimum atomic E-state index is -0.0308. The summed E-state index contributed by atoms with van der Waals surface area (Å²) in [5.41, 5.74) is 9.12. The van der Waals surface area contributed by atoms with E-state index in [1.807, 2.05) is 21.6 Å². The SMILES string of the molecule is CC1(C)c2ccccc2N(c2ccc3c(c2)-c2ccccc2SS3)c2ccccc21. The predicted octanol–water partition coefficient (Wildman–Crippen LogP) is 8.58. The fraction of sp³-hybridized carbons (Fsp3) is 0.111. The minimum absolute atomic E-state index is 0.0308. The van der Waals surface area contributed by atoms with Crippen LogP contribution in [0.15, 0.2) is 101 Å². The summed E-state index contributed by atoms with van der Waals surface area (Å²) >= 11 is 0. The van der Waals surface area contributed by atoms with E-state index in [0.717, 1.165) is 0 Å². The van der Waals surface area contributed by atoms with Crippen molar-refractivity contribution >= 4 is 38.6 Å². The molecule has 0 fully saturated rings. The molecule has 0 radical (unpaired) electrons. The first kappa shape index (κ1) is 18.2. The highest BCUT2D eigenvalue weighted by molar-refractivity contribution is 8.76. The molecule has 0 aromatic heterocycles. The molecule has 6 rings (SSSR count). The van der Waals surface area contributed by atoms with Gasteiger partial charge in [-0.15, -0.1) is 0 Å². The van der Waals surface area contributed by atoms with Crippen molar-refractivity contribution in [3.63, 3.8) is 0 Å². The molecule has 0 aliphatic carbocycles. The lowest BCUT2D eigenvalue weighted by atomic mass is 9.73. The van der Waals surface area contributed by atoms with Gasteiger partial charge in [-0.1, -0.05) is 90.0 Å². The number of para-hydroxylation sites is 2. The first-order chi connectivity index (χ1) is 14.6. The molecule has 0 saturated heterocycles. The Kier molecular flexibility index (Phi) is 4.06. The third-order valence-electron chi connectivity index (χ3n) is 6.26. The number of benzene rings is 4. The highest BCUT2D eigenvalue weighted by Gasteiger charge is 2.36. The van der Waals surface area contributed by atoms with Crippen molar-refractivity contribution < 1.29 is 0 Å². The molecule has 30 heavy (non-hydrogen) atoms. The Hall–Kier alpha value is -2.62. The highest BCUT2D eigenvalue weighted by Crippen LogP contribution is 2.55. The van der Waals surface area contributed by atoms with E-state index in [-0.39, 0.29) is 5.41 Å². The lowest BCUT2D eigenvalue weighted by Crippen LogP contribution is -2.30. The van der Waals surface area contributed by atoms with Crippen molar-refractivity contribution in [2.45, 2.75) is 29.1 Å². The van der Waals surface area contributed by atoms with Crippen LogP contribution < -0.4 is 4.90 Å². The van der Waals surface area contributed by atoms with Gasteiger partial charge in [0.15, 0.2) is 0 Å². The molecule has 0 unspecified atom stereocenters. The van der Waals surface area contributed by atoms with Crippen LogP contribution in [0.4, 0.5) is 17.1 Å². The molecule has 2 aliphatic rings. The fourth-order valence-corrected chi connectivity index (χ4v) is 7.11. The van der Waals surface area contributed by atoms with Crippen molar-refractivity contribution in [1.82, 2.24) is 0 Å². The van der Waals surface area contributed by atoms with Crippen LogP contribution in [0.3, 0.4) is 0 Å². The Labute approximate surface area is 185 Å². The number of rotatable bonds is 1. The molecule has 2 aliphatic heterocycles. The Morgan fingerprint density at radius 1 is 0.600 bits per heavy atom. The zero-order valence-electron chi connectivity index (χ0n) is 16.9. The number of fused-ring (bicyclic) bond motifs is 5. The molecule has 0 atom stereocenters. The zero-order valence-corrected chi connectivity index (χ0v) is 18.6. The second kappa shape index (κ2) is 6.69. The largest absolute Gasteiger partial charge is 0.310 e. The second-order valence-corrected chi connectivity index (χ2v) is 10.6. The predicted molar refractivity (Wildman–Crippen MR) is 130 cm³/mol. The molecule has 146 valence electrons. The summed E-state index contributed by atoms with van der Waals surface area (Å²) in [5, 5.41) is 0. The summed E-state index contributed by atoms with van der Waals surface area (Å²) < 4.78 is 0. The first-order valence-corrected chi connectivity index (χ1v) is 12.4. The molecule has 0 amide bonds. The van der Waals surface area contributed by atoms with Crippen molar-refractivity contribution in [3.8, 4) is 11.1 Å². The van der Waals surface area contributed by atoms with Gasteiger partial charge in [-0.3, -0.25) is 0 Å². The molecule has 4 aromatic carbocycles. The third kappa shape index (κ3) is 2.59. The van der Waals surface area contributed by atoms with E-state index < -0.39 is 0 Å². The Morgan fingerprint density at radius 3 is 1.87 bits per heavy atom. The van der Waals surface area contributed by atoms with Crippen LogP contribution in [0.25, 0.3) is 11.1 Å². The van der Waals surface area contributed by atoms with Crippen LogP contribution in [0.2, 0.25) is 0 Å². The average Bonchev–Trinajstić information content (AvgIpc) is 2.79. The van der Waals surface area contributed by atoms with Crippen LogP contribution >= 0.6 is 21.6 Å². The van der Waals surface area contributed by atoms with Gasteiger partial charge in [0.1, 0.15) is 0 Å². The maximum absolute atomic E-state index is 2.44. The number of anilines is 3. The summed E-state index contributed by atoms with van der Waals surface area (Å²) in [5.74, 6) is 0. The van der Waals surface area contributed by atoms with Crippen molar-refractivity contribution in [3.05, 3.63) is 102 Å². The topological polar surface area (TPSA) is 3.24 Å². The normalized spacial score (nSPS) is 15.6. The molecule has 2 heterocycles. The van der Waals surface area contributed by atoms with Gasteiger partial charge in [-0.05, 0) is 58.7 Å².